The molecule has 1 heterocycles. The molecular weight excluding hydrogens is 339 g/mol. The summed E-state index contributed by atoms with van der Waals surface area (Å²) >= 11 is 2.98. The lowest BCUT2D eigenvalue weighted by Crippen LogP contribution is -2.31. The summed E-state index contributed by atoms with van der Waals surface area (Å²) in [6, 6.07) is 3.50. The van der Waals surface area contributed by atoms with Crippen molar-refractivity contribution in [3.05, 3.63) is 33.8 Å². The van der Waals surface area contributed by atoms with Crippen LogP contribution in [0.1, 0.15) is 22.3 Å². The van der Waals surface area contributed by atoms with Crippen LogP contribution in [-0.2, 0) is 10.9 Å². The Balaban J connectivity index is 2.12. The van der Waals surface area contributed by atoms with E-state index in [0.29, 0.717) is 19.8 Å². The Kier molecular flexibility index (Phi) is 4.70. The van der Waals surface area contributed by atoms with Crippen LogP contribution >= 0.6 is 15.9 Å². The van der Waals surface area contributed by atoms with E-state index >= 15 is 0 Å². The number of nitrogens with one attached hydrogen (secondary N) is 1. The van der Waals surface area contributed by atoms with Crippen LogP contribution in [0, 0.1) is 5.92 Å². The molecule has 1 aliphatic heterocycles. The molecule has 1 N–H and O–H groups in total. The maximum Gasteiger partial charge on any atom is 0.417 e. The second kappa shape index (κ2) is 6.13. The molecule has 0 aliphatic carbocycles. The Morgan fingerprint density at radius 3 is 2.80 bits per heavy atom. The summed E-state index contributed by atoms with van der Waals surface area (Å²) in [5, 5.41) is 2.54. The van der Waals surface area contributed by atoms with E-state index in [1.807, 2.05) is 0 Å². The van der Waals surface area contributed by atoms with Crippen molar-refractivity contribution < 1.29 is 22.7 Å². The number of amides is 1. The second-order valence-electron chi connectivity index (χ2n) is 4.63. The first-order valence-corrected chi connectivity index (χ1v) is 6.90. The largest absolute Gasteiger partial charge is 0.417 e. The normalized spacial score (nSPS) is 19.1. The van der Waals surface area contributed by atoms with Gasteiger partial charge in [-0.25, -0.2) is 0 Å². The lowest BCUT2D eigenvalue weighted by atomic mass is 10.1. The Labute approximate surface area is 122 Å². The number of carbonyl (C=O) groups is 1. The van der Waals surface area contributed by atoms with E-state index in [1.54, 1.807) is 0 Å². The van der Waals surface area contributed by atoms with Crippen molar-refractivity contribution in [1.29, 1.82) is 0 Å². The van der Waals surface area contributed by atoms with E-state index in [2.05, 4.69) is 21.2 Å². The fourth-order valence-electron chi connectivity index (χ4n) is 2.03. The molecule has 0 aromatic heterocycles. The summed E-state index contributed by atoms with van der Waals surface area (Å²) < 4.78 is 44.2. The Morgan fingerprint density at radius 1 is 1.45 bits per heavy atom. The number of alkyl halides is 3. The molecule has 1 atom stereocenters. The van der Waals surface area contributed by atoms with Crippen LogP contribution in [0.5, 0.6) is 0 Å². The number of hydrogen-bond donors (Lipinski definition) is 1. The first kappa shape index (κ1) is 15.3. The van der Waals surface area contributed by atoms with E-state index < -0.39 is 17.6 Å². The molecule has 0 radical (unpaired) electrons. The first-order valence-electron chi connectivity index (χ1n) is 6.10. The second-order valence-corrected chi connectivity index (χ2v) is 5.54. The molecule has 1 aromatic rings. The van der Waals surface area contributed by atoms with Gasteiger partial charge in [0.2, 0.25) is 0 Å². The minimum Gasteiger partial charge on any atom is -0.381 e. The third-order valence-corrected chi connectivity index (χ3v) is 3.60. The standard InChI is InChI=1S/C13H13BrF3NO2/c14-9-1-2-10(11(5-9)13(15,16)17)12(19)18-6-8-3-4-20-7-8/h1-2,5,8H,3-4,6-7H2,(H,18,19). The Bertz CT molecular complexity index is 499. The highest BCUT2D eigenvalue weighted by molar-refractivity contribution is 9.10. The molecule has 0 saturated carbocycles. The summed E-state index contributed by atoms with van der Waals surface area (Å²) in [4.78, 5) is 11.9. The van der Waals surface area contributed by atoms with E-state index in [4.69, 9.17) is 4.74 Å². The average Bonchev–Trinajstić information content (AvgIpc) is 2.88. The molecule has 1 unspecified atom stereocenters. The summed E-state index contributed by atoms with van der Waals surface area (Å²) in [6.07, 6.45) is -3.75. The van der Waals surface area contributed by atoms with Crippen LogP contribution in [0.2, 0.25) is 0 Å². The van der Waals surface area contributed by atoms with Crippen LogP contribution < -0.4 is 5.32 Å². The molecule has 110 valence electrons. The van der Waals surface area contributed by atoms with Gasteiger partial charge in [-0.05, 0) is 24.6 Å². The molecular formula is C13H13BrF3NO2. The third-order valence-electron chi connectivity index (χ3n) is 3.11. The smallest absolute Gasteiger partial charge is 0.381 e. The monoisotopic (exact) mass is 351 g/mol. The average molecular weight is 352 g/mol. The highest BCUT2D eigenvalue weighted by Gasteiger charge is 2.35. The predicted molar refractivity (Wildman–Crippen MR) is 70.4 cm³/mol. The fraction of sp³-hybridized carbons (Fsp3) is 0.462. The molecule has 1 fully saturated rings. The fourth-order valence-corrected chi connectivity index (χ4v) is 2.39. The van der Waals surface area contributed by atoms with Crippen molar-refractivity contribution in [1.82, 2.24) is 5.32 Å². The zero-order valence-corrected chi connectivity index (χ0v) is 12.1. The van der Waals surface area contributed by atoms with Gasteiger partial charge in [0.1, 0.15) is 0 Å². The van der Waals surface area contributed by atoms with Crippen LogP contribution in [0.25, 0.3) is 0 Å². The minimum absolute atomic E-state index is 0.170. The van der Waals surface area contributed by atoms with Crippen molar-refractivity contribution in [3.63, 3.8) is 0 Å². The highest BCUT2D eigenvalue weighted by Crippen LogP contribution is 2.33. The Morgan fingerprint density at radius 2 is 2.20 bits per heavy atom. The van der Waals surface area contributed by atoms with Gasteiger partial charge >= 0.3 is 6.18 Å². The summed E-state index contributed by atoms with van der Waals surface area (Å²) in [6.45, 7) is 1.49. The minimum atomic E-state index is -4.56. The molecule has 0 spiro atoms. The molecule has 7 heteroatoms. The van der Waals surface area contributed by atoms with Gasteiger partial charge in [-0.3, -0.25) is 4.79 Å². The van der Waals surface area contributed by atoms with Crippen LogP contribution in [0.4, 0.5) is 13.2 Å². The molecule has 20 heavy (non-hydrogen) atoms. The van der Waals surface area contributed by atoms with Crippen molar-refractivity contribution in [2.75, 3.05) is 19.8 Å². The summed E-state index contributed by atoms with van der Waals surface area (Å²) in [7, 11) is 0. The summed E-state index contributed by atoms with van der Waals surface area (Å²) in [5.41, 5.74) is -1.30. The topological polar surface area (TPSA) is 38.3 Å². The van der Waals surface area contributed by atoms with Gasteiger partial charge in [-0.1, -0.05) is 15.9 Å². The van der Waals surface area contributed by atoms with Crippen molar-refractivity contribution in [3.8, 4) is 0 Å². The molecule has 1 aliphatic rings. The zero-order valence-electron chi connectivity index (χ0n) is 10.5. The number of rotatable bonds is 3. The van der Waals surface area contributed by atoms with Gasteiger partial charge in [0.15, 0.2) is 0 Å². The molecule has 0 bridgehead atoms. The number of ether oxygens (including phenoxy) is 1. The quantitative estimate of drug-likeness (QED) is 0.907. The maximum atomic E-state index is 12.9. The molecule has 1 aromatic carbocycles. The number of hydrogen-bond acceptors (Lipinski definition) is 2. The van der Waals surface area contributed by atoms with Crippen molar-refractivity contribution in [2.45, 2.75) is 12.6 Å². The van der Waals surface area contributed by atoms with E-state index in [-0.39, 0.29) is 16.0 Å². The number of carbonyl (C=O) groups excluding carboxylic acids is 1. The highest BCUT2D eigenvalue weighted by atomic mass is 79.9. The molecule has 2 rings (SSSR count). The Hall–Kier alpha value is -1.08. The summed E-state index contributed by atoms with van der Waals surface area (Å²) in [5.74, 6) is -0.541. The first-order chi connectivity index (χ1) is 9.38. The van der Waals surface area contributed by atoms with Gasteiger partial charge in [0.05, 0.1) is 17.7 Å². The van der Waals surface area contributed by atoms with E-state index in [0.717, 1.165) is 12.5 Å². The molecule has 1 saturated heterocycles. The van der Waals surface area contributed by atoms with E-state index in [1.165, 1.54) is 12.1 Å². The lowest BCUT2D eigenvalue weighted by Gasteiger charge is -2.14. The SMILES string of the molecule is O=C(NCC1CCOC1)c1ccc(Br)cc1C(F)(F)F. The maximum absolute atomic E-state index is 12.9. The lowest BCUT2D eigenvalue weighted by molar-refractivity contribution is -0.138. The number of benzene rings is 1. The van der Waals surface area contributed by atoms with Crippen LogP contribution in [0.15, 0.2) is 22.7 Å². The van der Waals surface area contributed by atoms with Gasteiger partial charge in [-0.15, -0.1) is 0 Å². The van der Waals surface area contributed by atoms with Crippen molar-refractivity contribution in [2.24, 2.45) is 5.92 Å². The van der Waals surface area contributed by atoms with Gasteiger partial charge in [0.25, 0.3) is 5.91 Å². The van der Waals surface area contributed by atoms with Crippen molar-refractivity contribution >= 4 is 21.8 Å². The van der Waals surface area contributed by atoms with Gasteiger partial charge < -0.3 is 10.1 Å². The van der Waals surface area contributed by atoms with E-state index in [9.17, 15) is 18.0 Å². The van der Waals surface area contributed by atoms with Crippen LogP contribution in [0.3, 0.4) is 0 Å². The molecule has 1 amide bonds. The molecule has 3 nitrogen and oxygen atoms in total. The van der Waals surface area contributed by atoms with Gasteiger partial charge in [-0.2, -0.15) is 13.2 Å². The number of halogens is 4. The third kappa shape index (κ3) is 3.73. The van der Waals surface area contributed by atoms with Crippen LogP contribution in [-0.4, -0.2) is 25.7 Å². The van der Waals surface area contributed by atoms with Gasteiger partial charge in [0, 0.05) is 23.5 Å². The predicted octanol–water partition coefficient (Wildman–Crippen LogP) is 3.23. The zero-order chi connectivity index (χ0) is 14.8.